The molecule has 3 aromatic rings. The van der Waals surface area contributed by atoms with Crippen LogP contribution < -0.4 is 5.73 Å². The molecule has 0 bridgehead atoms. The molecule has 8 heteroatoms. The predicted molar refractivity (Wildman–Crippen MR) is 104 cm³/mol. The molecule has 0 unspecified atom stereocenters. The summed E-state index contributed by atoms with van der Waals surface area (Å²) >= 11 is 0. The SMILES string of the molecule is CN1C(=O)[C@@](O)(C#Cc2cccc(-n3nc(C(N)=O)c4cccnc43)c2)[C@@H]2C[C@@H]21. The first-order valence-corrected chi connectivity index (χ1v) is 9.17. The Morgan fingerprint density at radius 3 is 2.90 bits per heavy atom. The van der Waals surface area contributed by atoms with E-state index in [1.165, 1.54) is 4.68 Å². The second-order valence-electron chi connectivity index (χ2n) is 7.39. The summed E-state index contributed by atoms with van der Waals surface area (Å²) in [5.74, 6) is 4.58. The minimum atomic E-state index is -1.63. The van der Waals surface area contributed by atoms with E-state index in [-0.39, 0.29) is 23.6 Å². The third-order valence-corrected chi connectivity index (χ3v) is 5.60. The van der Waals surface area contributed by atoms with Crippen LogP contribution in [0.5, 0.6) is 0 Å². The van der Waals surface area contributed by atoms with Crippen LogP contribution in [0, 0.1) is 17.8 Å². The quantitative estimate of drug-likeness (QED) is 0.620. The summed E-state index contributed by atoms with van der Waals surface area (Å²) in [6.45, 7) is 0. The van der Waals surface area contributed by atoms with Gasteiger partial charge in [0.2, 0.25) is 5.60 Å². The van der Waals surface area contributed by atoms with Crippen molar-refractivity contribution in [2.24, 2.45) is 11.7 Å². The molecule has 3 heterocycles. The first kappa shape index (κ1) is 17.4. The van der Waals surface area contributed by atoms with Crippen LogP contribution in [-0.4, -0.2) is 55.3 Å². The van der Waals surface area contributed by atoms with Gasteiger partial charge < -0.3 is 15.7 Å². The molecule has 0 spiro atoms. The summed E-state index contributed by atoms with van der Waals surface area (Å²) in [6, 6.07) is 10.7. The summed E-state index contributed by atoms with van der Waals surface area (Å²) in [5.41, 5.74) is 5.70. The zero-order chi connectivity index (χ0) is 20.3. The Morgan fingerprint density at radius 1 is 1.34 bits per heavy atom. The zero-order valence-corrected chi connectivity index (χ0v) is 15.5. The number of likely N-dealkylation sites (N-methyl/N-ethyl adjacent to an activating group) is 1. The lowest BCUT2D eigenvalue weighted by atomic mass is 9.99. The number of carbonyl (C=O) groups is 2. The number of likely N-dealkylation sites (tertiary alicyclic amines) is 1. The largest absolute Gasteiger partial charge is 0.369 e. The van der Waals surface area contributed by atoms with Crippen LogP contribution in [0.3, 0.4) is 0 Å². The van der Waals surface area contributed by atoms with E-state index in [2.05, 4.69) is 21.9 Å². The van der Waals surface area contributed by atoms with Gasteiger partial charge in [-0.05, 0) is 36.8 Å². The van der Waals surface area contributed by atoms with Crippen molar-refractivity contribution in [2.45, 2.75) is 18.1 Å². The minimum absolute atomic E-state index is 0.0851. The van der Waals surface area contributed by atoms with Crippen LogP contribution >= 0.6 is 0 Å². The smallest absolute Gasteiger partial charge is 0.269 e. The molecule has 0 radical (unpaired) electrons. The van der Waals surface area contributed by atoms with Crippen molar-refractivity contribution < 1.29 is 14.7 Å². The molecular formula is C21H17N5O3. The molecule has 1 aromatic carbocycles. The van der Waals surface area contributed by atoms with E-state index in [1.807, 2.05) is 0 Å². The fourth-order valence-corrected chi connectivity index (χ4v) is 3.98. The maximum atomic E-state index is 12.3. The highest BCUT2D eigenvalue weighted by atomic mass is 16.3. The number of nitrogens with zero attached hydrogens (tertiary/aromatic N) is 4. The lowest BCUT2D eigenvalue weighted by Crippen LogP contribution is -2.41. The van der Waals surface area contributed by atoms with Crippen LogP contribution in [0.15, 0.2) is 42.6 Å². The molecule has 3 N–H and O–H groups in total. The first-order chi connectivity index (χ1) is 13.9. The molecule has 5 rings (SSSR count). The summed E-state index contributed by atoms with van der Waals surface area (Å²) in [4.78, 5) is 29.9. The number of hydrogen-bond donors (Lipinski definition) is 2. The van der Waals surface area contributed by atoms with Crippen LogP contribution in [0.4, 0.5) is 0 Å². The van der Waals surface area contributed by atoms with Gasteiger partial charge in [0.1, 0.15) is 0 Å². The van der Waals surface area contributed by atoms with Crippen molar-refractivity contribution >= 4 is 22.8 Å². The Hall–Kier alpha value is -3.70. The molecule has 8 nitrogen and oxygen atoms in total. The van der Waals surface area contributed by atoms with Gasteiger partial charge in [0, 0.05) is 30.8 Å². The molecule has 29 heavy (non-hydrogen) atoms. The number of piperidine rings is 1. The van der Waals surface area contributed by atoms with Gasteiger partial charge in [-0.15, -0.1) is 0 Å². The maximum Gasteiger partial charge on any atom is 0.269 e. The van der Waals surface area contributed by atoms with Crippen molar-refractivity contribution in [1.82, 2.24) is 19.7 Å². The van der Waals surface area contributed by atoms with E-state index in [0.717, 1.165) is 6.42 Å². The number of aliphatic hydroxyl groups is 1. The molecule has 1 saturated heterocycles. The monoisotopic (exact) mass is 387 g/mol. The third-order valence-electron chi connectivity index (χ3n) is 5.60. The molecule has 2 aromatic heterocycles. The highest BCUT2D eigenvalue weighted by Gasteiger charge is 2.66. The third kappa shape index (κ3) is 2.52. The van der Waals surface area contributed by atoms with Crippen LogP contribution in [0.1, 0.15) is 22.5 Å². The number of nitrogens with two attached hydrogens (primary N) is 1. The number of amides is 2. The number of carbonyl (C=O) groups excluding carboxylic acids is 2. The van der Waals surface area contributed by atoms with E-state index in [9.17, 15) is 14.7 Å². The molecule has 1 aliphatic heterocycles. The normalized spacial score (nSPS) is 24.9. The second-order valence-corrected chi connectivity index (χ2v) is 7.39. The van der Waals surface area contributed by atoms with E-state index in [4.69, 9.17) is 5.73 Å². The van der Waals surface area contributed by atoms with Crippen LogP contribution in [0.25, 0.3) is 16.7 Å². The molecule has 1 aliphatic carbocycles. The standard InChI is InChI=1S/C21H17N5O3/c1-25-16-11-15(16)21(29,20(25)28)8-7-12-4-2-5-13(10-12)26-19-14(6-3-9-23-19)17(24-26)18(22)27/h2-6,9-10,15-16,29H,11H2,1H3,(H2,22,27)/t15-,16+,21-/m1/s1. The Kier molecular flexibility index (Phi) is 3.54. The number of benzene rings is 1. The predicted octanol–water partition coefficient (Wildman–Crippen LogP) is 0.462. The fraction of sp³-hybridized carbons (Fsp3) is 0.238. The van der Waals surface area contributed by atoms with E-state index >= 15 is 0 Å². The van der Waals surface area contributed by atoms with Gasteiger partial charge in [-0.2, -0.15) is 5.10 Å². The zero-order valence-electron chi connectivity index (χ0n) is 15.5. The molecule has 2 aliphatic rings. The molecule has 144 valence electrons. The minimum Gasteiger partial charge on any atom is -0.369 e. The highest BCUT2D eigenvalue weighted by Crippen LogP contribution is 2.50. The molecule has 3 atom stereocenters. The van der Waals surface area contributed by atoms with Gasteiger partial charge in [-0.3, -0.25) is 9.59 Å². The lowest BCUT2D eigenvalue weighted by molar-refractivity contribution is -0.140. The average Bonchev–Trinajstić information content (AvgIpc) is 3.40. The van der Waals surface area contributed by atoms with Crippen LogP contribution in [-0.2, 0) is 4.79 Å². The summed E-state index contributed by atoms with van der Waals surface area (Å²) in [5, 5.41) is 15.6. The van der Waals surface area contributed by atoms with E-state index in [0.29, 0.717) is 22.3 Å². The number of primary amides is 1. The number of rotatable bonds is 2. The number of fused-ring (bicyclic) bond motifs is 2. The first-order valence-electron chi connectivity index (χ1n) is 9.17. The van der Waals surface area contributed by atoms with Crippen molar-refractivity contribution in [2.75, 3.05) is 7.05 Å². The maximum absolute atomic E-state index is 12.3. The number of pyridine rings is 1. The lowest BCUT2D eigenvalue weighted by Gasteiger charge is -2.18. The molecule has 1 saturated carbocycles. The van der Waals surface area contributed by atoms with Gasteiger partial charge >= 0.3 is 0 Å². The van der Waals surface area contributed by atoms with Gasteiger partial charge in [0.05, 0.1) is 11.1 Å². The summed E-state index contributed by atoms with van der Waals surface area (Å²) in [7, 11) is 1.69. The Bertz CT molecular complexity index is 1250. The molecular weight excluding hydrogens is 370 g/mol. The highest BCUT2D eigenvalue weighted by molar-refractivity contribution is 6.03. The van der Waals surface area contributed by atoms with Crippen molar-refractivity contribution in [3.63, 3.8) is 0 Å². The second kappa shape index (κ2) is 5.90. The Morgan fingerprint density at radius 2 is 2.17 bits per heavy atom. The van der Waals surface area contributed by atoms with Gasteiger partial charge in [0.25, 0.3) is 11.8 Å². The number of hydrogen-bond acceptors (Lipinski definition) is 5. The molecule has 2 fully saturated rings. The van der Waals surface area contributed by atoms with Gasteiger partial charge in [-0.1, -0.05) is 17.9 Å². The summed E-state index contributed by atoms with van der Waals surface area (Å²) in [6.07, 6.45) is 2.38. The Labute approximate surface area is 165 Å². The van der Waals surface area contributed by atoms with Crippen molar-refractivity contribution in [1.29, 1.82) is 0 Å². The van der Waals surface area contributed by atoms with E-state index < -0.39 is 11.5 Å². The number of aromatic nitrogens is 3. The topological polar surface area (TPSA) is 114 Å². The van der Waals surface area contributed by atoms with Gasteiger partial charge in [0.15, 0.2) is 11.3 Å². The fourth-order valence-electron chi connectivity index (χ4n) is 3.98. The van der Waals surface area contributed by atoms with Gasteiger partial charge in [-0.25, -0.2) is 9.67 Å². The molecule has 2 amide bonds. The summed E-state index contributed by atoms with van der Waals surface area (Å²) < 4.78 is 1.53. The van der Waals surface area contributed by atoms with Crippen LogP contribution in [0.2, 0.25) is 0 Å². The van der Waals surface area contributed by atoms with Crippen molar-refractivity contribution in [3.05, 3.63) is 53.9 Å². The Balaban J connectivity index is 1.55. The van der Waals surface area contributed by atoms with Crippen molar-refractivity contribution in [3.8, 4) is 17.5 Å². The average molecular weight is 387 g/mol. The van der Waals surface area contributed by atoms with E-state index in [1.54, 1.807) is 54.5 Å².